The van der Waals surface area contributed by atoms with E-state index in [2.05, 4.69) is 10.0 Å². The summed E-state index contributed by atoms with van der Waals surface area (Å²) in [7, 11) is -7.92. The van der Waals surface area contributed by atoms with Crippen LogP contribution in [0.4, 0.5) is 17.1 Å². The molecule has 0 bridgehead atoms. The Morgan fingerprint density at radius 2 is 1.42 bits per heavy atom. The van der Waals surface area contributed by atoms with E-state index < -0.39 is 32.5 Å². The molecule has 1 aliphatic heterocycles. The standard InChI is InChI=1S/C26H19Cl2N3O5S2/c27-22-14-11-18(15-23(22)28)30-37(33,34)19-12-9-17(10-13-19)29-26(32)16-31-24-7-3-1-5-20(24)21-6-2-4-8-25(21)38(31,35)36/h1-15,30H,16H2,(H,29,32). The van der Waals surface area contributed by atoms with Crippen molar-refractivity contribution in [1.82, 2.24) is 0 Å². The lowest BCUT2D eigenvalue weighted by atomic mass is 10.0. The smallest absolute Gasteiger partial charge is 0.265 e. The zero-order valence-corrected chi connectivity index (χ0v) is 22.6. The van der Waals surface area contributed by atoms with Crippen LogP contribution in [0.5, 0.6) is 0 Å². The van der Waals surface area contributed by atoms with Gasteiger partial charge in [-0.1, -0.05) is 59.6 Å². The number of anilines is 3. The zero-order valence-electron chi connectivity index (χ0n) is 19.4. The molecule has 1 heterocycles. The molecule has 0 aromatic heterocycles. The first-order valence-corrected chi connectivity index (χ1v) is 14.8. The Kier molecular flexibility index (Phi) is 6.83. The number of nitrogens with zero attached hydrogens (tertiary/aromatic N) is 1. The van der Waals surface area contributed by atoms with Gasteiger partial charge in [0.15, 0.2) is 0 Å². The van der Waals surface area contributed by atoms with E-state index in [4.69, 9.17) is 23.2 Å². The zero-order chi connectivity index (χ0) is 27.1. The Bertz CT molecular complexity index is 1780. The summed E-state index contributed by atoms with van der Waals surface area (Å²) in [4.78, 5) is 13.0. The highest BCUT2D eigenvalue weighted by molar-refractivity contribution is 7.93. The minimum Gasteiger partial charge on any atom is -0.325 e. The SMILES string of the molecule is O=C(CN1c2ccccc2-c2ccccc2S1(=O)=O)Nc1ccc(S(=O)(=O)Nc2ccc(Cl)c(Cl)c2)cc1. The summed E-state index contributed by atoms with van der Waals surface area (Å²) in [5, 5.41) is 3.12. The van der Waals surface area contributed by atoms with Crippen molar-refractivity contribution in [3.8, 4) is 11.1 Å². The van der Waals surface area contributed by atoms with Crippen molar-refractivity contribution in [3.63, 3.8) is 0 Å². The van der Waals surface area contributed by atoms with Crippen LogP contribution in [-0.4, -0.2) is 29.3 Å². The average molecular weight is 588 g/mol. The molecule has 0 fully saturated rings. The van der Waals surface area contributed by atoms with Gasteiger partial charge in [0, 0.05) is 16.8 Å². The van der Waals surface area contributed by atoms with Gasteiger partial charge in [0.2, 0.25) is 5.91 Å². The number of hydrogen-bond donors (Lipinski definition) is 2. The molecule has 0 saturated carbocycles. The van der Waals surface area contributed by atoms with E-state index in [1.54, 1.807) is 42.5 Å². The Labute approximate surface area is 229 Å². The van der Waals surface area contributed by atoms with Crippen LogP contribution in [0.1, 0.15) is 0 Å². The van der Waals surface area contributed by atoms with Crippen LogP contribution < -0.4 is 14.3 Å². The Hall–Kier alpha value is -3.57. The number of para-hydroxylation sites is 1. The summed E-state index contributed by atoms with van der Waals surface area (Å²) in [6.07, 6.45) is 0. The third kappa shape index (κ3) is 4.95. The van der Waals surface area contributed by atoms with E-state index in [1.807, 2.05) is 0 Å². The van der Waals surface area contributed by atoms with Crippen LogP contribution in [0.25, 0.3) is 11.1 Å². The molecule has 0 saturated heterocycles. The molecule has 8 nitrogen and oxygen atoms in total. The minimum atomic E-state index is -3.98. The third-order valence-electron chi connectivity index (χ3n) is 5.83. The Morgan fingerprint density at radius 1 is 0.789 bits per heavy atom. The highest BCUT2D eigenvalue weighted by Gasteiger charge is 2.35. The fraction of sp³-hybridized carbons (Fsp3) is 0.0385. The quantitative estimate of drug-likeness (QED) is 0.304. The van der Waals surface area contributed by atoms with Crippen LogP contribution in [0.2, 0.25) is 10.0 Å². The monoisotopic (exact) mass is 587 g/mol. The highest BCUT2D eigenvalue weighted by atomic mass is 35.5. The number of nitrogens with one attached hydrogen (secondary N) is 2. The van der Waals surface area contributed by atoms with Gasteiger partial charge >= 0.3 is 0 Å². The maximum absolute atomic E-state index is 13.4. The Balaban J connectivity index is 1.33. The summed E-state index contributed by atoms with van der Waals surface area (Å²) in [5.41, 5.74) is 2.21. The lowest BCUT2D eigenvalue weighted by Crippen LogP contribution is -2.40. The number of benzene rings is 4. The van der Waals surface area contributed by atoms with Crippen LogP contribution in [-0.2, 0) is 24.8 Å². The van der Waals surface area contributed by atoms with E-state index in [0.29, 0.717) is 27.5 Å². The number of fused-ring (bicyclic) bond motifs is 3. The molecular weight excluding hydrogens is 569 g/mol. The van der Waals surface area contributed by atoms with E-state index in [9.17, 15) is 21.6 Å². The lowest BCUT2D eigenvalue weighted by Gasteiger charge is -2.31. The Morgan fingerprint density at radius 3 is 2.13 bits per heavy atom. The highest BCUT2D eigenvalue weighted by Crippen LogP contribution is 2.42. The number of carbonyl (C=O) groups excluding carboxylic acids is 1. The number of hydrogen-bond acceptors (Lipinski definition) is 5. The number of halogens is 2. The van der Waals surface area contributed by atoms with Crippen molar-refractivity contribution in [3.05, 3.63) is 101 Å². The first-order chi connectivity index (χ1) is 18.1. The topological polar surface area (TPSA) is 113 Å². The van der Waals surface area contributed by atoms with Crippen molar-refractivity contribution in [2.45, 2.75) is 9.79 Å². The molecule has 2 N–H and O–H groups in total. The van der Waals surface area contributed by atoms with Gasteiger partial charge in [-0.3, -0.25) is 13.8 Å². The first-order valence-electron chi connectivity index (χ1n) is 11.2. The van der Waals surface area contributed by atoms with E-state index in [1.165, 1.54) is 48.5 Å². The molecule has 1 amide bonds. The molecule has 0 atom stereocenters. The van der Waals surface area contributed by atoms with Gasteiger partial charge in [0.1, 0.15) is 6.54 Å². The van der Waals surface area contributed by atoms with Crippen LogP contribution in [0.15, 0.2) is 101 Å². The largest absolute Gasteiger partial charge is 0.325 e. The minimum absolute atomic E-state index is 0.0503. The summed E-state index contributed by atoms with van der Waals surface area (Å²) < 4.78 is 55.7. The van der Waals surface area contributed by atoms with Gasteiger partial charge in [-0.05, 0) is 54.6 Å². The summed E-state index contributed by atoms with van der Waals surface area (Å²) in [6, 6.07) is 23.4. The van der Waals surface area contributed by atoms with E-state index in [-0.39, 0.29) is 20.5 Å². The molecular formula is C26H19Cl2N3O5S2. The van der Waals surface area contributed by atoms with Crippen molar-refractivity contribution in [2.24, 2.45) is 0 Å². The van der Waals surface area contributed by atoms with Gasteiger partial charge in [0.05, 0.1) is 31.2 Å². The molecule has 38 heavy (non-hydrogen) atoms. The molecule has 0 spiro atoms. The van der Waals surface area contributed by atoms with Gasteiger partial charge in [0.25, 0.3) is 20.0 Å². The molecule has 4 aromatic carbocycles. The van der Waals surface area contributed by atoms with Gasteiger partial charge in [-0.15, -0.1) is 0 Å². The van der Waals surface area contributed by atoms with Crippen LogP contribution in [0.3, 0.4) is 0 Å². The van der Waals surface area contributed by atoms with E-state index >= 15 is 0 Å². The van der Waals surface area contributed by atoms with Gasteiger partial charge in [-0.25, -0.2) is 16.8 Å². The molecule has 0 aliphatic carbocycles. The fourth-order valence-electron chi connectivity index (χ4n) is 4.07. The fourth-order valence-corrected chi connectivity index (χ4v) is 7.07. The molecule has 4 aromatic rings. The van der Waals surface area contributed by atoms with Crippen LogP contribution in [0, 0.1) is 0 Å². The number of sulfonamides is 2. The summed E-state index contributed by atoms with van der Waals surface area (Å²) in [6.45, 7) is -0.466. The number of amides is 1. The molecule has 194 valence electrons. The van der Waals surface area contributed by atoms with Crippen LogP contribution >= 0.6 is 23.2 Å². The predicted molar refractivity (Wildman–Crippen MR) is 149 cm³/mol. The van der Waals surface area contributed by atoms with Crippen molar-refractivity contribution in [2.75, 3.05) is 20.9 Å². The third-order valence-corrected chi connectivity index (χ3v) is 9.78. The average Bonchev–Trinajstić information content (AvgIpc) is 2.89. The van der Waals surface area contributed by atoms with Crippen molar-refractivity contribution in [1.29, 1.82) is 0 Å². The molecule has 0 radical (unpaired) electrons. The predicted octanol–water partition coefficient (Wildman–Crippen LogP) is 5.61. The van der Waals surface area contributed by atoms with Gasteiger partial charge < -0.3 is 5.32 Å². The summed E-state index contributed by atoms with van der Waals surface area (Å²) >= 11 is 11.8. The molecule has 12 heteroatoms. The second-order valence-electron chi connectivity index (χ2n) is 8.33. The lowest BCUT2D eigenvalue weighted by molar-refractivity contribution is -0.114. The second-order valence-corrected chi connectivity index (χ2v) is 12.7. The summed E-state index contributed by atoms with van der Waals surface area (Å²) in [5.74, 6) is -0.590. The maximum atomic E-state index is 13.4. The number of rotatable bonds is 6. The maximum Gasteiger partial charge on any atom is 0.265 e. The van der Waals surface area contributed by atoms with Crippen molar-refractivity contribution >= 4 is 66.2 Å². The molecule has 5 rings (SSSR count). The van der Waals surface area contributed by atoms with Crippen molar-refractivity contribution < 1.29 is 21.6 Å². The first kappa shape index (κ1) is 26.1. The number of carbonyl (C=O) groups is 1. The normalized spacial score (nSPS) is 13.8. The second kappa shape index (κ2) is 9.95. The molecule has 1 aliphatic rings. The van der Waals surface area contributed by atoms with E-state index in [0.717, 1.165) is 4.31 Å². The van der Waals surface area contributed by atoms with Gasteiger partial charge in [-0.2, -0.15) is 0 Å². The molecule has 0 unspecified atom stereocenters.